The molecule has 1 saturated carbocycles. The van der Waals surface area contributed by atoms with Gasteiger partial charge in [-0.2, -0.15) is 5.10 Å². The number of anilines is 1. The van der Waals surface area contributed by atoms with Crippen LogP contribution in [0.25, 0.3) is 0 Å². The van der Waals surface area contributed by atoms with Gasteiger partial charge in [-0.15, -0.1) is 0 Å². The average Bonchev–Trinajstić information content (AvgIpc) is 2.79. The van der Waals surface area contributed by atoms with Gasteiger partial charge in [-0.05, 0) is 24.7 Å². The molecule has 0 radical (unpaired) electrons. The van der Waals surface area contributed by atoms with Crippen LogP contribution in [-0.2, 0) is 16.6 Å². The maximum atomic E-state index is 12.1. The Hall–Kier alpha value is -1.36. The van der Waals surface area contributed by atoms with Gasteiger partial charge in [0, 0.05) is 13.2 Å². The first-order valence-electron chi connectivity index (χ1n) is 7.92. The second kappa shape index (κ2) is 7.07. The molecule has 118 valence electrons. The van der Waals surface area contributed by atoms with E-state index in [9.17, 15) is 4.79 Å². The van der Waals surface area contributed by atoms with Crippen LogP contribution >= 0.6 is 0 Å². The fraction of sp³-hybridized carbons (Fsp3) is 0.750. The van der Waals surface area contributed by atoms with Gasteiger partial charge in [0.2, 0.25) is 5.91 Å². The molecule has 0 saturated heterocycles. The third-order valence-corrected chi connectivity index (χ3v) is 4.14. The summed E-state index contributed by atoms with van der Waals surface area (Å²) in [5.74, 6) is 0.736. The second-order valence-corrected chi connectivity index (χ2v) is 6.42. The highest BCUT2D eigenvalue weighted by molar-refractivity contribution is 5.92. The highest BCUT2D eigenvalue weighted by Gasteiger charge is 2.23. The highest BCUT2D eigenvalue weighted by atomic mass is 16.5. The molecule has 2 atom stereocenters. The monoisotopic (exact) mass is 293 g/mol. The lowest BCUT2D eigenvalue weighted by atomic mass is 9.88. The van der Waals surface area contributed by atoms with Gasteiger partial charge in [0.25, 0.3) is 0 Å². The molecule has 5 nitrogen and oxygen atoms in total. The van der Waals surface area contributed by atoms with E-state index in [0.717, 1.165) is 17.8 Å². The van der Waals surface area contributed by atoms with E-state index in [1.165, 1.54) is 19.3 Å². The molecule has 1 N–H and O–H groups in total. The van der Waals surface area contributed by atoms with E-state index in [4.69, 9.17) is 4.74 Å². The van der Waals surface area contributed by atoms with Gasteiger partial charge in [0.1, 0.15) is 6.61 Å². The minimum Gasteiger partial charge on any atom is -0.368 e. The maximum absolute atomic E-state index is 12.1. The largest absolute Gasteiger partial charge is 0.368 e. The minimum atomic E-state index is -0.0947. The van der Waals surface area contributed by atoms with Gasteiger partial charge in [-0.25, -0.2) is 0 Å². The predicted molar refractivity (Wildman–Crippen MR) is 83.3 cm³/mol. The van der Waals surface area contributed by atoms with Crippen molar-refractivity contribution in [2.75, 3.05) is 11.9 Å². The topological polar surface area (TPSA) is 56.2 Å². The average molecular weight is 293 g/mol. The molecule has 1 aromatic rings. The number of amides is 1. The Labute approximate surface area is 127 Å². The molecule has 1 amide bonds. The Bertz CT molecular complexity index is 482. The van der Waals surface area contributed by atoms with Crippen LogP contribution in [0, 0.1) is 5.92 Å². The van der Waals surface area contributed by atoms with Crippen LogP contribution in [-0.4, -0.2) is 28.4 Å². The van der Waals surface area contributed by atoms with Gasteiger partial charge < -0.3 is 10.1 Å². The quantitative estimate of drug-likeness (QED) is 0.907. The second-order valence-electron chi connectivity index (χ2n) is 6.42. The molecule has 2 unspecified atom stereocenters. The highest BCUT2D eigenvalue weighted by Crippen LogP contribution is 2.26. The van der Waals surface area contributed by atoms with Gasteiger partial charge in [0.15, 0.2) is 0 Å². The Kier molecular flexibility index (Phi) is 5.39. The van der Waals surface area contributed by atoms with Gasteiger partial charge >= 0.3 is 0 Å². The summed E-state index contributed by atoms with van der Waals surface area (Å²) in [6, 6.07) is 0. The number of carbonyl (C=O) groups excluding carboxylic acids is 1. The van der Waals surface area contributed by atoms with Crippen molar-refractivity contribution in [2.24, 2.45) is 13.0 Å². The van der Waals surface area contributed by atoms with Crippen LogP contribution in [0.3, 0.4) is 0 Å². The lowest BCUT2D eigenvalue weighted by molar-refractivity contribution is -0.124. The van der Waals surface area contributed by atoms with Crippen molar-refractivity contribution in [3.05, 3.63) is 11.9 Å². The summed E-state index contributed by atoms with van der Waals surface area (Å²) in [6.45, 7) is 6.47. The number of hydrogen-bond acceptors (Lipinski definition) is 3. The van der Waals surface area contributed by atoms with Gasteiger partial charge in [-0.3, -0.25) is 9.48 Å². The van der Waals surface area contributed by atoms with Crippen LogP contribution in [0.5, 0.6) is 0 Å². The number of hydrogen-bond donors (Lipinski definition) is 1. The van der Waals surface area contributed by atoms with Crippen molar-refractivity contribution in [2.45, 2.75) is 58.5 Å². The zero-order chi connectivity index (χ0) is 15.4. The molecule has 5 heteroatoms. The molecule has 21 heavy (non-hydrogen) atoms. The molecule has 1 aliphatic rings. The lowest BCUT2D eigenvalue weighted by Crippen LogP contribution is -2.29. The maximum Gasteiger partial charge on any atom is 0.250 e. The van der Waals surface area contributed by atoms with Crippen molar-refractivity contribution in [1.29, 1.82) is 0 Å². The Morgan fingerprint density at radius 1 is 1.48 bits per heavy atom. The summed E-state index contributed by atoms with van der Waals surface area (Å²) < 4.78 is 7.53. The van der Waals surface area contributed by atoms with Crippen LogP contribution in [0.2, 0.25) is 0 Å². The van der Waals surface area contributed by atoms with Crippen molar-refractivity contribution in [1.82, 2.24) is 9.78 Å². The number of nitrogens with one attached hydrogen (secondary N) is 1. The standard InChI is InChI=1S/C16H27N3O2/c1-11(2)16-13(9-19(4)18-16)17-15(20)10-21-14-8-6-5-7-12(14)3/h9,11-12,14H,5-8,10H2,1-4H3,(H,17,20). The molecule has 0 aromatic carbocycles. The summed E-state index contributed by atoms with van der Waals surface area (Å²) in [4.78, 5) is 12.1. The molecular weight excluding hydrogens is 266 g/mol. The molecule has 1 fully saturated rings. The number of rotatable bonds is 5. The molecule has 2 rings (SSSR count). The van der Waals surface area contributed by atoms with E-state index in [1.807, 2.05) is 13.2 Å². The van der Waals surface area contributed by atoms with Crippen molar-refractivity contribution < 1.29 is 9.53 Å². The molecule has 0 spiro atoms. The van der Waals surface area contributed by atoms with Crippen molar-refractivity contribution in [3.8, 4) is 0 Å². The van der Waals surface area contributed by atoms with E-state index < -0.39 is 0 Å². The Balaban J connectivity index is 1.87. The number of nitrogens with zero attached hydrogens (tertiary/aromatic N) is 2. The van der Waals surface area contributed by atoms with E-state index in [1.54, 1.807) is 4.68 Å². The molecule has 1 heterocycles. The fourth-order valence-corrected chi connectivity index (χ4v) is 2.93. The first kappa shape index (κ1) is 16.0. The first-order valence-corrected chi connectivity index (χ1v) is 7.92. The van der Waals surface area contributed by atoms with Crippen LogP contribution in [0.4, 0.5) is 5.69 Å². The summed E-state index contributed by atoms with van der Waals surface area (Å²) in [7, 11) is 1.86. The molecule has 0 aliphatic heterocycles. The molecule has 0 bridgehead atoms. The number of carbonyl (C=O) groups is 1. The summed E-state index contributed by atoms with van der Waals surface area (Å²) in [6.07, 6.45) is 6.82. The molecule has 1 aromatic heterocycles. The van der Waals surface area contributed by atoms with Crippen molar-refractivity contribution >= 4 is 11.6 Å². The van der Waals surface area contributed by atoms with E-state index in [-0.39, 0.29) is 24.5 Å². The predicted octanol–water partition coefficient (Wildman–Crippen LogP) is 3.08. The summed E-state index contributed by atoms with van der Waals surface area (Å²) in [5.41, 5.74) is 1.70. The van der Waals surface area contributed by atoms with Crippen LogP contribution < -0.4 is 5.32 Å². The first-order chi connectivity index (χ1) is 9.97. The Morgan fingerprint density at radius 3 is 2.86 bits per heavy atom. The third-order valence-electron chi connectivity index (χ3n) is 4.14. The normalized spacial score (nSPS) is 22.5. The number of aromatic nitrogens is 2. The Morgan fingerprint density at radius 2 is 2.19 bits per heavy atom. The fourth-order valence-electron chi connectivity index (χ4n) is 2.93. The zero-order valence-corrected chi connectivity index (χ0v) is 13.6. The number of ether oxygens (including phenoxy) is 1. The third kappa shape index (κ3) is 4.30. The van der Waals surface area contributed by atoms with Crippen LogP contribution in [0.1, 0.15) is 58.1 Å². The smallest absolute Gasteiger partial charge is 0.250 e. The molecule has 1 aliphatic carbocycles. The SMILES string of the molecule is CC(C)c1nn(C)cc1NC(=O)COC1CCCCC1C. The van der Waals surface area contributed by atoms with Gasteiger partial charge in [0.05, 0.1) is 17.5 Å². The lowest BCUT2D eigenvalue weighted by Gasteiger charge is -2.28. The summed E-state index contributed by atoms with van der Waals surface area (Å²) >= 11 is 0. The van der Waals surface area contributed by atoms with Crippen LogP contribution in [0.15, 0.2) is 6.20 Å². The summed E-state index contributed by atoms with van der Waals surface area (Å²) in [5, 5.41) is 7.31. The van der Waals surface area contributed by atoms with E-state index in [0.29, 0.717) is 5.92 Å². The number of aryl methyl sites for hydroxylation is 1. The minimum absolute atomic E-state index is 0.0947. The van der Waals surface area contributed by atoms with Crippen molar-refractivity contribution in [3.63, 3.8) is 0 Å². The van der Waals surface area contributed by atoms with E-state index in [2.05, 4.69) is 31.2 Å². The van der Waals surface area contributed by atoms with E-state index >= 15 is 0 Å². The zero-order valence-electron chi connectivity index (χ0n) is 13.6. The van der Waals surface area contributed by atoms with Gasteiger partial charge in [-0.1, -0.05) is 33.6 Å². The molecular formula is C16H27N3O2.